The van der Waals surface area contributed by atoms with Crippen molar-refractivity contribution in [2.24, 2.45) is 11.7 Å². The molecule has 1 aliphatic carbocycles. The van der Waals surface area contributed by atoms with Crippen LogP contribution in [-0.4, -0.2) is 23.5 Å². The zero-order chi connectivity index (χ0) is 14.1. The molecule has 3 N–H and O–H groups in total. The molecule has 20 heavy (non-hydrogen) atoms. The molecule has 0 spiro atoms. The van der Waals surface area contributed by atoms with Gasteiger partial charge in [0.15, 0.2) is 0 Å². The van der Waals surface area contributed by atoms with Crippen molar-refractivity contribution in [2.45, 2.75) is 18.9 Å². The molecular formula is C13H14BrN3OS2. The molecule has 0 aliphatic heterocycles. The van der Waals surface area contributed by atoms with Gasteiger partial charge in [-0.3, -0.25) is 4.79 Å². The fourth-order valence-electron chi connectivity index (χ4n) is 1.91. The number of aromatic nitrogens is 1. The summed E-state index contributed by atoms with van der Waals surface area (Å²) in [5, 5.41) is 5.53. The number of thiazole rings is 1. The molecule has 1 fully saturated rings. The number of hydrogen-bond donors (Lipinski definition) is 2. The molecule has 7 heteroatoms. The van der Waals surface area contributed by atoms with Gasteiger partial charge in [0, 0.05) is 18.0 Å². The van der Waals surface area contributed by atoms with Crippen molar-refractivity contribution >= 4 is 44.5 Å². The number of nitrogens with two attached hydrogens (primary N) is 1. The summed E-state index contributed by atoms with van der Waals surface area (Å²) in [7, 11) is 0. The van der Waals surface area contributed by atoms with E-state index in [4.69, 9.17) is 5.73 Å². The Bertz CT molecular complexity index is 621. The largest absolute Gasteiger partial charge is 0.349 e. The van der Waals surface area contributed by atoms with Gasteiger partial charge in [0.25, 0.3) is 5.91 Å². The van der Waals surface area contributed by atoms with Crippen LogP contribution in [0.25, 0.3) is 9.88 Å². The minimum Gasteiger partial charge on any atom is -0.349 e. The van der Waals surface area contributed by atoms with Gasteiger partial charge in [-0.2, -0.15) is 0 Å². The lowest BCUT2D eigenvalue weighted by molar-refractivity contribution is 0.0946. The molecule has 2 heterocycles. The van der Waals surface area contributed by atoms with Gasteiger partial charge in [0.1, 0.15) is 10.7 Å². The lowest BCUT2D eigenvalue weighted by Crippen LogP contribution is -2.38. The Kier molecular flexibility index (Phi) is 4.21. The topological polar surface area (TPSA) is 68.0 Å². The summed E-state index contributed by atoms with van der Waals surface area (Å²) in [5.41, 5.74) is 6.44. The second-order valence-corrected chi connectivity index (χ2v) is 8.17. The number of hydrogen-bond acceptors (Lipinski definition) is 5. The zero-order valence-corrected chi connectivity index (χ0v) is 13.9. The zero-order valence-electron chi connectivity index (χ0n) is 10.6. The average Bonchev–Trinajstić information content (AvgIpc) is 3.01. The number of nitrogens with one attached hydrogen (secondary N) is 1. The standard InChI is InChI=1S/C13H14BrN3OS2/c14-11-4-3-10(20-11)13-17-9(6-19-13)12(18)16-5-8(15)7-1-2-7/h3-4,6-8H,1-2,5,15H2,(H,16,18). The van der Waals surface area contributed by atoms with E-state index in [1.165, 1.54) is 24.2 Å². The number of carbonyl (C=O) groups is 1. The van der Waals surface area contributed by atoms with Crippen LogP contribution in [0.1, 0.15) is 23.3 Å². The van der Waals surface area contributed by atoms with Gasteiger partial charge in [-0.25, -0.2) is 4.98 Å². The summed E-state index contributed by atoms with van der Waals surface area (Å²) in [6, 6.07) is 4.05. The molecule has 106 valence electrons. The first-order chi connectivity index (χ1) is 9.63. The van der Waals surface area contributed by atoms with E-state index >= 15 is 0 Å². The third kappa shape index (κ3) is 3.28. The van der Waals surface area contributed by atoms with Gasteiger partial charge in [-0.1, -0.05) is 0 Å². The predicted octanol–water partition coefficient (Wildman–Crippen LogP) is 3.10. The van der Waals surface area contributed by atoms with Crippen molar-refractivity contribution in [1.29, 1.82) is 0 Å². The first-order valence-electron chi connectivity index (χ1n) is 6.38. The van der Waals surface area contributed by atoms with Gasteiger partial charge in [-0.05, 0) is 46.8 Å². The lowest BCUT2D eigenvalue weighted by atomic mass is 10.2. The van der Waals surface area contributed by atoms with Crippen LogP contribution < -0.4 is 11.1 Å². The van der Waals surface area contributed by atoms with Gasteiger partial charge >= 0.3 is 0 Å². The summed E-state index contributed by atoms with van der Waals surface area (Å²) >= 11 is 6.52. The van der Waals surface area contributed by atoms with Crippen molar-refractivity contribution in [3.8, 4) is 9.88 Å². The highest BCUT2D eigenvalue weighted by molar-refractivity contribution is 9.11. The van der Waals surface area contributed by atoms with Crippen LogP contribution in [0.2, 0.25) is 0 Å². The van der Waals surface area contributed by atoms with Crippen LogP contribution in [-0.2, 0) is 0 Å². The van der Waals surface area contributed by atoms with E-state index in [1.54, 1.807) is 16.7 Å². The third-order valence-electron chi connectivity index (χ3n) is 3.25. The normalized spacial score (nSPS) is 16.1. The monoisotopic (exact) mass is 371 g/mol. The molecule has 0 radical (unpaired) electrons. The second-order valence-electron chi connectivity index (χ2n) is 4.85. The van der Waals surface area contributed by atoms with Gasteiger partial charge < -0.3 is 11.1 Å². The summed E-state index contributed by atoms with van der Waals surface area (Å²) in [6.45, 7) is 0.529. The molecule has 0 saturated heterocycles. The smallest absolute Gasteiger partial charge is 0.270 e. The van der Waals surface area contributed by atoms with E-state index in [0.717, 1.165) is 13.7 Å². The van der Waals surface area contributed by atoms with Crippen LogP contribution in [0.3, 0.4) is 0 Å². The Balaban J connectivity index is 1.62. The van der Waals surface area contributed by atoms with Gasteiger partial charge in [-0.15, -0.1) is 22.7 Å². The highest BCUT2D eigenvalue weighted by atomic mass is 79.9. The molecule has 1 unspecified atom stereocenters. The molecule has 1 aliphatic rings. The van der Waals surface area contributed by atoms with Crippen molar-refractivity contribution in [1.82, 2.24) is 10.3 Å². The van der Waals surface area contributed by atoms with Crippen molar-refractivity contribution in [3.63, 3.8) is 0 Å². The first-order valence-corrected chi connectivity index (χ1v) is 8.87. The van der Waals surface area contributed by atoms with Crippen molar-refractivity contribution in [3.05, 3.63) is 27.0 Å². The van der Waals surface area contributed by atoms with Crippen molar-refractivity contribution < 1.29 is 4.79 Å². The molecule has 2 aromatic rings. The Labute approximate surface area is 133 Å². The summed E-state index contributed by atoms with van der Waals surface area (Å²) in [6.07, 6.45) is 2.37. The highest BCUT2D eigenvalue weighted by Crippen LogP contribution is 2.33. The first kappa shape index (κ1) is 14.2. The summed E-state index contributed by atoms with van der Waals surface area (Å²) in [5.74, 6) is 0.448. The Morgan fingerprint density at radius 1 is 1.55 bits per heavy atom. The molecular weight excluding hydrogens is 358 g/mol. The Hall–Kier alpha value is -0.760. The maximum Gasteiger partial charge on any atom is 0.270 e. The van der Waals surface area contributed by atoms with Crippen LogP contribution in [0, 0.1) is 5.92 Å². The fraction of sp³-hybridized carbons (Fsp3) is 0.385. The third-order valence-corrected chi connectivity index (χ3v) is 5.88. The summed E-state index contributed by atoms with van der Waals surface area (Å²) in [4.78, 5) is 17.5. The van der Waals surface area contributed by atoms with Crippen LogP contribution >= 0.6 is 38.6 Å². The van der Waals surface area contributed by atoms with E-state index in [0.29, 0.717) is 18.2 Å². The summed E-state index contributed by atoms with van der Waals surface area (Å²) < 4.78 is 1.06. The SMILES string of the molecule is NC(CNC(=O)c1csc(-c2ccc(Br)s2)n1)C1CC1. The number of halogens is 1. The molecule has 1 amide bonds. The van der Waals surface area contributed by atoms with Crippen LogP contribution in [0.5, 0.6) is 0 Å². The van der Waals surface area contributed by atoms with E-state index in [-0.39, 0.29) is 11.9 Å². The fourth-order valence-corrected chi connectivity index (χ4v) is 4.17. The number of carbonyl (C=O) groups excluding carboxylic acids is 1. The van der Waals surface area contributed by atoms with Crippen LogP contribution in [0.15, 0.2) is 21.3 Å². The highest BCUT2D eigenvalue weighted by Gasteiger charge is 2.28. The average molecular weight is 372 g/mol. The minimum absolute atomic E-state index is 0.0744. The maximum absolute atomic E-state index is 12.0. The Morgan fingerprint density at radius 2 is 2.35 bits per heavy atom. The number of amides is 1. The Morgan fingerprint density at radius 3 is 3.00 bits per heavy atom. The van der Waals surface area contributed by atoms with Crippen LogP contribution in [0.4, 0.5) is 0 Å². The van der Waals surface area contributed by atoms with E-state index in [1.807, 2.05) is 12.1 Å². The number of rotatable bonds is 5. The lowest BCUT2D eigenvalue weighted by Gasteiger charge is -2.10. The molecule has 1 saturated carbocycles. The predicted molar refractivity (Wildman–Crippen MR) is 86.2 cm³/mol. The second kappa shape index (κ2) is 5.93. The van der Waals surface area contributed by atoms with E-state index < -0.39 is 0 Å². The van der Waals surface area contributed by atoms with E-state index in [2.05, 4.69) is 26.2 Å². The quantitative estimate of drug-likeness (QED) is 0.848. The molecule has 0 bridgehead atoms. The molecule has 1 atom stereocenters. The van der Waals surface area contributed by atoms with Crippen molar-refractivity contribution in [2.75, 3.05) is 6.54 Å². The molecule has 4 nitrogen and oxygen atoms in total. The number of thiophene rings is 1. The number of nitrogens with zero attached hydrogens (tertiary/aromatic N) is 1. The van der Waals surface area contributed by atoms with Gasteiger partial charge in [0.05, 0.1) is 8.66 Å². The minimum atomic E-state index is -0.140. The maximum atomic E-state index is 12.0. The molecule has 3 rings (SSSR count). The molecule has 2 aromatic heterocycles. The van der Waals surface area contributed by atoms with E-state index in [9.17, 15) is 4.79 Å². The molecule has 0 aromatic carbocycles. The van der Waals surface area contributed by atoms with Gasteiger partial charge in [0.2, 0.25) is 0 Å².